The summed E-state index contributed by atoms with van der Waals surface area (Å²) >= 11 is 6.13. The van der Waals surface area contributed by atoms with Crippen LogP contribution in [0, 0.1) is 12.8 Å². The van der Waals surface area contributed by atoms with E-state index in [0.717, 1.165) is 31.1 Å². The highest BCUT2D eigenvalue weighted by Crippen LogP contribution is 2.29. The van der Waals surface area contributed by atoms with E-state index >= 15 is 0 Å². The van der Waals surface area contributed by atoms with Crippen molar-refractivity contribution in [2.45, 2.75) is 32.2 Å². The Hall–Kier alpha value is -0.690. The Balaban J connectivity index is 0.00000192. The first-order valence-electron chi connectivity index (χ1n) is 8.08. The minimum Gasteiger partial charge on any atom is -0.371 e. The van der Waals surface area contributed by atoms with Gasteiger partial charge < -0.3 is 15.5 Å². The molecular formula is C17H26ClIN4. The molecule has 2 N–H and O–H groups in total. The van der Waals surface area contributed by atoms with Crippen LogP contribution in [-0.4, -0.2) is 43.6 Å². The number of halogens is 2. The van der Waals surface area contributed by atoms with Gasteiger partial charge >= 0.3 is 0 Å². The van der Waals surface area contributed by atoms with Crippen LogP contribution in [0.5, 0.6) is 0 Å². The minimum atomic E-state index is 0. The monoisotopic (exact) mass is 448 g/mol. The Morgan fingerprint density at radius 1 is 1.39 bits per heavy atom. The van der Waals surface area contributed by atoms with E-state index in [9.17, 15) is 0 Å². The van der Waals surface area contributed by atoms with Gasteiger partial charge in [0, 0.05) is 43.4 Å². The molecule has 1 aromatic carbocycles. The summed E-state index contributed by atoms with van der Waals surface area (Å²) in [5, 5.41) is 0.803. The molecule has 6 heteroatoms. The van der Waals surface area contributed by atoms with Gasteiger partial charge in [-0.3, -0.25) is 4.99 Å². The normalized spacial score (nSPS) is 21.3. The zero-order valence-corrected chi connectivity index (χ0v) is 16.9. The van der Waals surface area contributed by atoms with E-state index in [1.807, 2.05) is 13.1 Å². The first kappa shape index (κ1) is 18.6. The van der Waals surface area contributed by atoms with Gasteiger partial charge in [-0.25, -0.2) is 0 Å². The maximum absolute atomic E-state index is 6.13. The van der Waals surface area contributed by atoms with Crippen LogP contribution in [0.1, 0.15) is 24.8 Å². The largest absolute Gasteiger partial charge is 0.371 e. The van der Waals surface area contributed by atoms with E-state index in [1.54, 1.807) is 0 Å². The van der Waals surface area contributed by atoms with Crippen LogP contribution < -0.4 is 10.6 Å². The van der Waals surface area contributed by atoms with Crippen molar-refractivity contribution in [3.8, 4) is 0 Å². The van der Waals surface area contributed by atoms with Gasteiger partial charge in [-0.1, -0.05) is 17.7 Å². The van der Waals surface area contributed by atoms with Gasteiger partial charge in [0.25, 0.3) is 0 Å². The molecule has 0 bridgehead atoms. The molecule has 0 amide bonds. The predicted octanol–water partition coefficient (Wildman–Crippen LogP) is 3.50. The topological polar surface area (TPSA) is 44.9 Å². The summed E-state index contributed by atoms with van der Waals surface area (Å²) in [5.74, 6) is 1.27. The third-order valence-corrected chi connectivity index (χ3v) is 5.00. The van der Waals surface area contributed by atoms with Crippen molar-refractivity contribution in [1.82, 2.24) is 4.90 Å². The molecule has 1 saturated carbocycles. The maximum Gasteiger partial charge on any atom is 0.191 e. The SMILES string of the molecule is Cc1ccc(Cl)cc1N1CCC(CN=C(N)N(C)C2CC2)C1.I. The van der Waals surface area contributed by atoms with Crippen LogP contribution in [0.2, 0.25) is 5.02 Å². The lowest BCUT2D eigenvalue weighted by Crippen LogP contribution is -2.36. The molecule has 2 fully saturated rings. The predicted molar refractivity (Wildman–Crippen MR) is 109 cm³/mol. The third-order valence-electron chi connectivity index (χ3n) is 4.77. The van der Waals surface area contributed by atoms with Crippen molar-refractivity contribution in [3.63, 3.8) is 0 Å². The van der Waals surface area contributed by atoms with E-state index in [1.165, 1.54) is 24.1 Å². The molecule has 1 aromatic rings. The Morgan fingerprint density at radius 3 is 2.83 bits per heavy atom. The number of anilines is 1. The zero-order chi connectivity index (χ0) is 15.7. The summed E-state index contributed by atoms with van der Waals surface area (Å²) < 4.78 is 0. The van der Waals surface area contributed by atoms with Gasteiger partial charge in [-0.2, -0.15) is 0 Å². The number of benzene rings is 1. The van der Waals surface area contributed by atoms with Crippen molar-refractivity contribution in [2.24, 2.45) is 16.6 Å². The molecule has 1 unspecified atom stereocenters. The molecule has 4 nitrogen and oxygen atoms in total. The van der Waals surface area contributed by atoms with Gasteiger partial charge in [-0.15, -0.1) is 24.0 Å². The third kappa shape index (κ3) is 4.66. The number of aliphatic imine (C=N–C) groups is 1. The van der Waals surface area contributed by atoms with Crippen molar-refractivity contribution in [2.75, 3.05) is 31.6 Å². The summed E-state index contributed by atoms with van der Waals surface area (Å²) in [5.41, 5.74) is 8.60. The minimum absolute atomic E-state index is 0. The summed E-state index contributed by atoms with van der Waals surface area (Å²) in [6.07, 6.45) is 3.66. The number of rotatable bonds is 4. The van der Waals surface area contributed by atoms with E-state index in [-0.39, 0.29) is 24.0 Å². The molecule has 1 aliphatic heterocycles. The number of nitrogens with two attached hydrogens (primary N) is 1. The first-order valence-corrected chi connectivity index (χ1v) is 8.46. The average Bonchev–Trinajstić information content (AvgIpc) is 3.25. The van der Waals surface area contributed by atoms with Gasteiger partial charge in [-0.05, 0) is 49.8 Å². The van der Waals surface area contributed by atoms with Crippen LogP contribution in [0.15, 0.2) is 23.2 Å². The smallest absolute Gasteiger partial charge is 0.191 e. The van der Waals surface area contributed by atoms with E-state index in [0.29, 0.717) is 17.9 Å². The van der Waals surface area contributed by atoms with Crippen molar-refractivity contribution in [3.05, 3.63) is 28.8 Å². The van der Waals surface area contributed by atoms with Crippen molar-refractivity contribution in [1.29, 1.82) is 0 Å². The van der Waals surface area contributed by atoms with Gasteiger partial charge in [0.2, 0.25) is 0 Å². The lowest BCUT2D eigenvalue weighted by atomic mass is 10.1. The molecule has 3 rings (SSSR count). The fourth-order valence-corrected chi connectivity index (χ4v) is 3.27. The molecule has 1 saturated heterocycles. The molecule has 0 radical (unpaired) electrons. The number of aryl methyl sites for hydroxylation is 1. The molecule has 0 aromatic heterocycles. The number of nitrogens with zero attached hydrogens (tertiary/aromatic N) is 3. The van der Waals surface area contributed by atoms with Gasteiger partial charge in [0.15, 0.2) is 5.96 Å². The molecular weight excluding hydrogens is 423 g/mol. The lowest BCUT2D eigenvalue weighted by molar-refractivity contribution is 0.482. The summed E-state index contributed by atoms with van der Waals surface area (Å²) in [7, 11) is 2.05. The standard InChI is InChI=1S/C17H25ClN4.HI/c1-12-3-4-14(18)9-16(12)22-8-7-13(11-22)10-20-17(19)21(2)15-5-6-15;/h3-4,9,13,15H,5-8,10-11H2,1-2H3,(H2,19,20);1H. The fourth-order valence-electron chi connectivity index (χ4n) is 3.11. The van der Waals surface area contributed by atoms with E-state index in [2.05, 4.69) is 33.8 Å². The van der Waals surface area contributed by atoms with Crippen LogP contribution in [0.3, 0.4) is 0 Å². The number of hydrogen-bond donors (Lipinski definition) is 1. The molecule has 0 spiro atoms. The molecule has 1 atom stereocenters. The van der Waals surface area contributed by atoms with Crippen molar-refractivity contribution >= 4 is 47.2 Å². The highest BCUT2D eigenvalue weighted by atomic mass is 127. The Morgan fingerprint density at radius 2 is 2.13 bits per heavy atom. The van der Waals surface area contributed by atoms with Crippen molar-refractivity contribution < 1.29 is 0 Å². The Labute approximate surface area is 161 Å². The van der Waals surface area contributed by atoms with E-state index < -0.39 is 0 Å². The quantitative estimate of drug-likeness (QED) is 0.436. The fraction of sp³-hybridized carbons (Fsp3) is 0.588. The Bertz CT molecular complexity index is 574. The second-order valence-corrected chi connectivity index (χ2v) is 7.01. The highest BCUT2D eigenvalue weighted by Gasteiger charge is 2.28. The summed E-state index contributed by atoms with van der Waals surface area (Å²) in [6, 6.07) is 6.73. The highest BCUT2D eigenvalue weighted by molar-refractivity contribution is 14.0. The number of hydrogen-bond acceptors (Lipinski definition) is 2. The molecule has 1 heterocycles. The van der Waals surface area contributed by atoms with Crippen LogP contribution in [0.4, 0.5) is 5.69 Å². The number of guanidine groups is 1. The van der Waals surface area contributed by atoms with E-state index in [4.69, 9.17) is 17.3 Å². The van der Waals surface area contributed by atoms with Crippen LogP contribution in [-0.2, 0) is 0 Å². The molecule has 128 valence electrons. The van der Waals surface area contributed by atoms with Crippen LogP contribution in [0.25, 0.3) is 0 Å². The second kappa shape index (κ2) is 7.92. The zero-order valence-electron chi connectivity index (χ0n) is 13.8. The second-order valence-electron chi connectivity index (χ2n) is 6.57. The van der Waals surface area contributed by atoms with Gasteiger partial charge in [0.05, 0.1) is 0 Å². The summed E-state index contributed by atoms with van der Waals surface area (Å²) in [4.78, 5) is 9.14. The average molecular weight is 449 g/mol. The van der Waals surface area contributed by atoms with Gasteiger partial charge in [0.1, 0.15) is 0 Å². The maximum atomic E-state index is 6.13. The Kier molecular flexibility index (Phi) is 6.42. The first-order chi connectivity index (χ1) is 10.5. The lowest BCUT2D eigenvalue weighted by Gasteiger charge is -2.21. The molecule has 23 heavy (non-hydrogen) atoms. The molecule has 1 aliphatic carbocycles. The van der Waals surface area contributed by atoms with Crippen LogP contribution >= 0.6 is 35.6 Å². The molecule has 2 aliphatic rings. The summed E-state index contributed by atoms with van der Waals surface area (Å²) in [6.45, 7) is 5.06.